The van der Waals surface area contributed by atoms with Gasteiger partial charge >= 0.3 is 0 Å². The summed E-state index contributed by atoms with van der Waals surface area (Å²) in [6.45, 7) is 6.60. The minimum absolute atomic E-state index is 0.122. The molecule has 188 valence electrons. The molecule has 1 atom stereocenters. The van der Waals surface area contributed by atoms with Gasteiger partial charge in [0.05, 0.1) is 22.2 Å². The Morgan fingerprint density at radius 1 is 1.00 bits per heavy atom. The average molecular weight is 499 g/mol. The lowest BCUT2D eigenvalue weighted by Crippen LogP contribution is -2.32. The van der Waals surface area contributed by atoms with Crippen molar-refractivity contribution in [1.82, 2.24) is 4.31 Å². The number of hydrogen-bond donors (Lipinski definition) is 1. The van der Waals surface area contributed by atoms with Crippen LogP contribution in [0.15, 0.2) is 53.4 Å². The van der Waals surface area contributed by atoms with Crippen molar-refractivity contribution >= 4 is 38.9 Å². The van der Waals surface area contributed by atoms with Crippen LogP contribution in [0.25, 0.3) is 0 Å². The van der Waals surface area contributed by atoms with E-state index in [9.17, 15) is 18.0 Å². The fourth-order valence-electron chi connectivity index (χ4n) is 4.87. The number of carbonyl (C=O) groups excluding carboxylic acids is 2. The van der Waals surface area contributed by atoms with Crippen molar-refractivity contribution in [3.63, 3.8) is 0 Å². The summed E-state index contributed by atoms with van der Waals surface area (Å²) in [6, 6.07) is 14.2. The van der Waals surface area contributed by atoms with Crippen LogP contribution in [0.3, 0.4) is 0 Å². The molecule has 1 N–H and O–H groups in total. The van der Waals surface area contributed by atoms with Crippen molar-refractivity contribution in [1.29, 1.82) is 0 Å². The first-order chi connectivity index (χ1) is 16.8. The zero-order valence-electron chi connectivity index (χ0n) is 20.4. The molecule has 0 bridgehead atoms. The second kappa shape index (κ2) is 10.8. The summed E-state index contributed by atoms with van der Waals surface area (Å²) in [5.41, 5.74) is 2.39. The van der Waals surface area contributed by atoms with Gasteiger partial charge in [-0.05, 0) is 55.7 Å². The number of hydrogen-bond acceptors (Lipinski definition) is 5. The highest BCUT2D eigenvalue weighted by molar-refractivity contribution is 7.89. The molecule has 0 spiro atoms. The van der Waals surface area contributed by atoms with E-state index in [4.69, 9.17) is 0 Å². The van der Waals surface area contributed by atoms with E-state index in [1.165, 1.54) is 22.9 Å². The number of carbonyl (C=O) groups is 2. The molecule has 35 heavy (non-hydrogen) atoms. The minimum atomic E-state index is -3.57. The molecule has 0 aliphatic carbocycles. The van der Waals surface area contributed by atoms with Crippen LogP contribution in [0.1, 0.15) is 39.5 Å². The molecular formula is C26H34N4O4S. The number of amides is 2. The molecule has 2 fully saturated rings. The summed E-state index contributed by atoms with van der Waals surface area (Å²) in [4.78, 5) is 29.9. The largest absolute Gasteiger partial charge is 0.370 e. The summed E-state index contributed by atoms with van der Waals surface area (Å²) in [5, 5.41) is 3.05. The Kier molecular flexibility index (Phi) is 7.76. The molecule has 0 radical (unpaired) electrons. The molecule has 0 saturated carbocycles. The molecule has 2 aliphatic rings. The SMILES string of the molecule is CCN(CC)S(=O)(=O)c1ccc(N2CC(C(=O)Nc3ccccc3N3CCCCC3)CC2=O)cc1. The van der Waals surface area contributed by atoms with Gasteiger partial charge in [0.2, 0.25) is 21.8 Å². The highest BCUT2D eigenvalue weighted by Gasteiger charge is 2.35. The van der Waals surface area contributed by atoms with Crippen LogP contribution in [0, 0.1) is 5.92 Å². The quantitative estimate of drug-likeness (QED) is 0.599. The summed E-state index contributed by atoms with van der Waals surface area (Å²) in [5.74, 6) is -0.796. The van der Waals surface area contributed by atoms with E-state index >= 15 is 0 Å². The van der Waals surface area contributed by atoms with E-state index in [1.807, 2.05) is 24.3 Å². The van der Waals surface area contributed by atoms with Crippen LogP contribution in [-0.4, -0.2) is 57.3 Å². The number of nitrogens with zero attached hydrogens (tertiary/aromatic N) is 3. The van der Waals surface area contributed by atoms with Gasteiger partial charge in [0.1, 0.15) is 0 Å². The fourth-order valence-corrected chi connectivity index (χ4v) is 6.33. The normalized spacial score (nSPS) is 18.8. The van der Waals surface area contributed by atoms with E-state index in [1.54, 1.807) is 30.9 Å². The van der Waals surface area contributed by atoms with Crippen LogP contribution >= 0.6 is 0 Å². The molecule has 1 unspecified atom stereocenters. The van der Waals surface area contributed by atoms with Crippen LogP contribution in [-0.2, 0) is 19.6 Å². The Labute approximate surface area is 207 Å². The zero-order chi connectivity index (χ0) is 25.0. The number of piperidine rings is 1. The number of nitrogens with one attached hydrogen (secondary N) is 1. The van der Waals surface area contributed by atoms with Crippen molar-refractivity contribution in [2.75, 3.05) is 47.8 Å². The van der Waals surface area contributed by atoms with Gasteiger partial charge < -0.3 is 15.1 Å². The van der Waals surface area contributed by atoms with Crippen LogP contribution < -0.4 is 15.1 Å². The average Bonchev–Trinajstić information content (AvgIpc) is 3.27. The topological polar surface area (TPSA) is 90.0 Å². The highest BCUT2D eigenvalue weighted by atomic mass is 32.2. The maximum absolute atomic E-state index is 13.1. The molecule has 0 aromatic heterocycles. The maximum atomic E-state index is 13.1. The molecule has 9 heteroatoms. The lowest BCUT2D eigenvalue weighted by atomic mass is 10.1. The summed E-state index contributed by atoms with van der Waals surface area (Å²) < 4.78 is 26.9. The van der Waals surface area contributed by atoms with E-state index in [2.05, 4.69) is 10.2 Å². The van der Waals surface area contributed by atoms with Crippen LogP contribution in [0.2, 0.25) is 0 Å². The third kappa shape index (κ3) is 5.36. The summed E-state index contributed by atoms with van der Waals surface area (Å²) in [6.07, 6.45) is 3.64. The molecule has 8 nitrogen and oxygen atoms in total. The lowest BCUT2D eigenvalue weighted by molar-refractivity contribution is -0.122. The van der Waals surface area contributed by atoms with E-state index in [-0.39, 0.29) is 29.7 Å². The van der Waals surface area contributed by atoms with Gasteiger partial charge in [-0.1, -0.05) is 26.0 Å². The Bertz CT molecular complexity index is 1160. The second-order valence-electron chi connectivity index (χ2n) is 9.04. The molecule has 2 aromatic rings. The second-order valence-corrected chi connectivity index (χ2v) is 11.0. The molecule has 2 aliphatic heterocycles. The first-order valence-electron chi connectivity index (χ1n) is 12.4. The number of benzene rings is 2. The van der Waals surface area contributed by atoms with Crippen molar-refractivity contribution < 1.29 is 18.0 Å². The summed E-state index contributed by atoms with van der Waals surface area (Å²) in [7, 11) is -3.57. The lowest BCUT2D eigenvalue weighted by Gasteiger charge is -2.30. The van der Waals surface area contributed by atoms with Gasteiger partial charge in [0.15, 0.2) is 0 Å². The van der Waals surface area contributed by atoms with Crippen LogP contribution in [0.5, 0.6) is 0 Å². The monoisotopic (exact) mass is 498 g/mol. The Balaban J connectivity index is 1.45. The first-order valence-corrected chi connectivity index (χ1v) is 13.8. The Morgan fingerprint density at radius 2 is 1.66 bits per heavy atom. The minimum Gasteiger partial charge on any atom is -0.370 e. The standard InChI is InChI=1S/C26H34N4O4S/c1-3-29(4-2)35(33,34)22-14-12-21(13-15-22)30-19-20(18-25(30)31)26(32)27-23-10-6-7-11-24(23)28-16-8-5-9-17-28/h6-7,10-15,20H,3-5,8-9,16-19H2,1-2H3,(H,27,32). The van der Waals surface area contributed by atoms with Gasteiger partial charge in [0, 0.05) is 44.8 Å². The smallest absolute Gasteiger partial charge is 0.243 e. The predicted octanol–water partition coefficient (Wildman–Crippen LogP) is 3.70. The van der Waals surface area contributed by atoms with Crippen molar-refractivity contribution in [3.8, 4) is 0 Å². The Hall–Kier alpha value is -2.91. The molecule has 4 rings (SSSR count). The molecule has 2 aromatic carbocycles. The van der Waals surface area contributed by atoms with Gasteiger partial charge in [-0.3, -0.25) is 9.59 Å². The summed E-state index contributed by atoms with van der Waals surface area (Å²) >= 11 is 0. The number of sulfonamides is 1. The molecule has 2 heterocycles. The van der Waals surface area contributed by atoms with E-state index < -0.39 is 15.9 Å². The molecule has 2 saturated heterocycles. The first kappa shape index (κ1) is 25.2. The fraction of sp³-hybridized carbons (Fsp3) is 0.462. The van der Waals surface area contributed by atoms with Gasteiger partial charge in [-0.2, -0.15) is 4.31 Å². The third-order valence-corrected chi connectivity index (χ3v) is 8.91. The predicted molar refractivity (Wildman–Crippen MR) is 138 cm³/mol. The maximum Gasteiger partial charge on any atom is 0.243 e. The van der Waals surface area contributed by atoms with Crippen molar-refractivity contribution in [2.24, 2.45) is 5.92 Å². The number of para-hydroxylation sites is 2. The molecule has 2 amide bonds. The number of anilines is 3. The van der Waals surface area contributed by atoms with Crippen molar-refractivity contribution in [3.05, 3.63) is 48.5 Å². The Morgan fingerprint density at radius 3 is 2.31 bits per heavy atom. The number of rotatable bonds is 8. The van der Waals surface area contributed by atoms with Crippen molar-refractivity contribution in [2.45, 2.75) is 44.4 Å². The van der Waals surface area contributed by atoms with E-state index in [0.717, 1.165) is 37.3 Å². The van der Waals surface area contributed by atoms with Crippen LogP contribution in [0.4, 0.5) is 17.1 Å². The van der Waals surface area contributed by atoms with Gasteiger partial charge in [0.25, 0.3) is 0 Å². The van der Waals surface area contributed by atoms with Gasteiger partial charge in [-0.15, -0.1) is 0 Å². The zero-order valence-corrected chi connectivity index (χ0v) is 21.3. The van der Waals surface area contributed by atoms with E-state index in [0.29, 0.717) is 18.8 Å². The molecular weight excluding hydrogens is 464 g/mol. The van der Waals surface area contributed by atoms with Gasteiger partial charge in [-0.25, -0.2) is 8.42 Å². The third-order valence-electron chi connectivity index (χ3n) is 6.85. The highest BCUT2D eigenvalue weighted by Crippen LogP contribution is 2.31.